The largest absolute Gasteiger partial charge is 0.481 e. The van der Waals surface area contributed by atoms with E-state index in [1.54, 1.807) is 31.2 Å². The van der Waals surface area contributed by atoms with Gasteiger partial charge in [0.25, 0.3) is 11.8 Å². The third-order valence-corrected chi connectivity index (χ3v) is 9.18. The Labute approximate surface area is 250 Å². The van der Waals surface area contributed by atoms with Crippen LogP contribution in [0.2, 0.25) is 10.0 Å². The van der Waals surface area contributed by atoms with Crippen molar-refractivity contribution in [3.05, 3.63) is 99.0 Å². The molecular weight excluding hydrogens is 615 g/mol. The van der Waals surface area contributed by atoms with Crippen molar-refractivity contribution in [1.82, 2.24) is 14.5 Å². The zero-order valence-corrected chi connectivity index (χ0v) is 24.4. The molecule has 0 aliphatic carbocycles. The zero-order chi connectivity index (χ0) is 30.8. The quantitative estimate of drug-likeness (QED) is 0.366. The lowest BCUT2D eigenvalue weighted by molar-refractivity contribution is -0.138. The number of hydrogen-bond donors (Lipinski definition) is 2. The minimum Gasteiger partial charge on any atom is -0.481 e. The highest BCUT2D eigenvalue weighted by Crippen LogP contribution is 2.31. The third-order valence-electron chi connectivity index (χ3n) is 6.59. The van der Waals surface area contributed by atoms with E-state index in [-0.39, 0.29) is 34.5 Å². The lowest BCUT2D eigenvalue weighted by atomic mass is 10.0. The molecule has 1 aliphatic heterocycles. The van der Waals surface area contributed by atoms with Crippen LogP contribution in [0.15, 0.2) is 65.6 Å². The average Bonchev–Trinajstić information content (AvgIpc) is 2.92. The standard InChI is InChI=1S/C28H25Cl2F2N3O6S/c1-16-4-2-5-17(10-16)24(15-25(36)37)33-26(38)27-34(28(39)18-11-19(31)13-20(32)12-18)8-3-9-35(27)42(40,41)21-6-7-22(29)23(30)14-21/h2,4-7,10-14,24,27H,3,8-9,15H2,1H3,(H,33,38)(H,36,37). The van der Waals surface area contributed by atoms with Crippen molar-refractivity contribution in [1.29, 1.82) is 0 Å². The molecule has 1 aliphatic rings. The van der Waals surface area contributed by atoms with Crippen molar-refractivity contribution in [3.8, 4) is 0 Å². The maximum absolute atomic E-state index is 14.0. The van der Waals surface area contributed by atoms with Gasteiger partial charge in [-0.2, -0.15) is 4.31 Å². The van der Waals surface area contributed by atoms with Crippen LogP contribution in [0.1, 0.15) is 40.4 Å². The van der Waals surface area contributed by atoms with Gasteiger partial charge in [-0.25, -0.2) is 17.2 Å². The average molecular weight is 640 g/mol. The molecular formula is C28H25Cl2F2N3O6S. The van der Waals surface area contributed by atoms with Crippen LogP contribution in [0, 0.1) is 18.6 Å². The Morgan fingerprint density at radius 2 is 1.69 bits per heavy atom. The summed E-state index contributed by atoms with van der Waals surface area (Å²) in [4.78, 5) is 39.8. The van der Waals surface area contributed by atoms with Crippen LogP contribution < -0.4 is 5.32 Å². The second kappa shape index (κ2) is 12.7. The summed E-state index contributed by atoms with van der Waals surface area (Å²) in [6, 6.07) is 11.2. The van der Waals surface area contributed by atoms with Crippen molar-refractivity contribution in [2.75, 3.05) is 13.1 Å². The van der Waals surface area contributed by atoms with Crippen molar-refractivity contribution >= 4 is 51.0 Å². The highest BCUT2D eigenvalue weighted by molar-refractivity contribution is 7.89. The van der Waals surface area contributed by atoms with Crippen LogP contribution in [-0.4, -0.2) is 59.8 Å². The van der Waals surface area contributed by atoms with E-state index in [0.29, 0.717) is 11.6 Å². The first-order valence-electron chi connectivity index (χ1n) is 12.6. The Balaban J connectivity index is 1.80. The molecule has 42 heavy (non-hydrogen) atoms. The third kappa shape index (κ3) is 6.89. The topological polar surface area (TPSA) is 124 Å². The number of aryl methyl sites for hydroxylation is 1. The van der Waals surface area contributed by atoms with Crippen LogP contribution in [0.25, 0.3) is 0 Å². The number of carboxylic acids is 1. The minimum atomic E-state index is -4.52. The number of carbonyl (C=O) groups is 3. The predicted octanol–water partition coefficient (Wildman–Crippen LogP) is 4.78. The van der Waals surface area contributed by atoms with Gasteiger partial charge in [-0.1, -0.05) is 53.0 Å². The molecule has 1 saturated heterocycles. The van der Waals surface area contributed by atoms with E-state index in [4.69, 9.17) is 23.2 Å². The van der Waals surface area contributed by atoms with E-state index in [2.05, 4.69) is 5.32 Å². The summed E-state index contributed by atoms with van der Waals surface area (Å²) in [5, 5.41) is 12.1. The molecule has 1 heterocycles. The van der Waals surface area contributed by atoms with E-state index in [1.165, 1.54) is 12.1 Å². The summed E-state index contributed by atoms with van der Waals surface area (Å²) < 4.78 is 56.5. The Bertz CT molecular complexity index is 1640. The summed E-state index contributed by atoms with van der Waals surface area (Å²) in [7, 11) is -4.52. The van der Waals surface area contributed by atoms with E-state index >= 15 is 0 Å². The maximum Gasteiger partial charge on any atom is 0.305 e. The lowest BCUT2D eigenvalue weighted by Gasteiger charge is -2.42. The molecule has 0 aromatic heterocycles. The van der Waals surface area contributed by atoms with Gasteiger partial charge in [0.15, 0.2) is 6.17 Å². The molecule has 1 fully saturated rings. The van der Waals surface area contributed by atoms with Gasteiger partial charge in [0.1, 0.15) is 11.6 Å². The first kappa shape index (κ1) is 31.4. The molecule has 2 amide bonds. The van der Waals surface area contributed by atoms with Crippen molar-refractivity contribution in [2.24, 2.45) is 0 Å². The van der Waals surface area contributed by atoms with Crippen LogP contribution in [0.5, 0.6) is 0 Å². The first-order chi connectivity index (χ1) is 19.8. The number of hydrogen-bond acceptors (Lipinski definition) is 5. The van der Waals surface area contributed by atoms with E-state index in [1.807, 2.05) is 0 Å². The molecule has 0 saturated carbocycles. The van der Waals surface area contributed by atoms with Crippen LogP contribution in [0.4, 0.5) is 8.78 Å². The molecule has 0 bridgehead atoms. The van der Waals surface area contributed by atoms with Gasteiger partial charge >= 0.3 is 5.97 Å². The van der Waals surface area contributed by atoms with Crippen LogP contribution in [-0.2, 0) is 19.6 Å². The zero-order valence-electron chi connectivity index (χ0n) is 22.1. The van der Waals surface area contributed by atoms with Gasteiger partial charge in [0.2, 0.25) is 10.0 Å². The van der Waals surface area contributed by atoms with Gasteiger partial charge in [-0.05, 0) is 49.2 Å². The first-order valence-corrected chi connectivity index (χ1v) is 14.8. The van der Waals surface area contributed by atoms with Gasteiger partial charge in [0.05, 0.1) is 27.4 Å². The van der Waals surface area contributed by atoms with Crippen LogP contribution in [0.3, 0.4) is 0 Å². The van der Waals surface area contributed by atoms with Gasteiger partial charge in [0, 0.05) is 24.7 Å². The highest BCUT2D eigenvalue weighted by Gasteiger charge is 2.45. The molecule has 2 N–H and O–H groups in total. The summed E-state index contributed by atoms with van der Waals surface area (Å²) in [5.74, 6) is -5.35. The molecule has 2 unspecified atom stereocenters. The summed E-state index contributed by atoms with van der Waals surface area (Å²) in [5.41, 5.74) is 0.772. The molecule has 9 nitrogen and oxygen atoms in total. The Kier molecular flexibility index (Phi) is 9.51. The summed E-state index contributed by atoms with van der Waals surface area (Å²) >= 11 is 12.0. The second-order valence-corrected chi connectivity index (χ2v) is 12.4. The number of carbonyl (C=O) groups excluding carboxylic acids is 2. The summed E-state index contributed by atoms with van der Waals surface area (Å²) in [6.45, 7) is 1.42. The molecule has 0 radical (unpaired) electrons. The number of sulfonamides is 1. The Morgan fingerprint density at radius 1 is 1.00 bits per heavy atom. The van der Waals surface area contributed by atoms with Crippen molar-refractivity contribution < 1.29 is 36.7 Å². The van der Waals surface area contributed by atoms with E-state index in [0.717, 1.165) is 33.0 Å². The molecule has 2 atom stereocenters. The molecule has 4 rings (SSSR count). The van der Waals surface area contributed by atoms with Crippen LogP contribution >= 0.6 is 23.2 Å². The normalized spacial score (nSPS) is 16.6. The fourth-order valence-electron chi connectivity index (χ4n) is 4.71. The SMILES string of the molecule is Cc1cccc(C(CC(=O)O)NC(=O)C2N(C(=O)c3cc(F)cc(F)c3)CCCN2S(=O)(=O)c2ccc(Cl)c(Cl)c2)c1. The smallest absolute Gasteiger partial charge is 0.305 e. The van der Waals surface area contributed by atoms with Gasteiger partial charge in [-0.15, -0.1) is 0 Å². The Hall–Kier alpha value is -3.58. The van der Waals surface area contributed by atoms with Gasteiger partial charge < -0.3 is 15.3 Å². The number of carboxylic acid groups (broad SMARTS) is 1. The van der Waals surface area contributed by atoms with E-state index < -0.39 is 63.6 Å². The fourth-order valence-corrected chi connectivity index (χ4v) is 6.69. The predicted molar refractivity (Wildman–Crippen MR) is 150 cm³/mol. The van der Waals surface area contributed by atoms with Gasteiger partial charge in [-0.3, -0.25) is 14.4 Å². The number of rotatable bonds is 8. The number of halogens is 4. The number of amides is 2. The monoisotopic (exact) mass is 639 g/mol. The number of nitrogens with zero attached hydrogens (tertiary/aromatic N) is 2. The Morgan fingerprint density at radius 3 is 2.31 bits per heavy atom. The fraction of sp³-hybridized carbons (Fsp3) is 0.250. The molecule has 0 spiro atoms. The highest BCUT2D eigenvalue weighted by atomic mass is 35.5. The van der Waals surface area contributed by atoms with E-state index in [9.17, 15) is 36.7 Å². The lowest BCUT2D eigenvalue weighted by Crippen LogP contribution is -2.63. The second-order valence-electron chi connectivity index (χ2n) is 9.65. The number of nitrogens with one attached hydrogen (secondary N) is 1. The van der Waals surface area contributed by atoms with Crippen molar-refractivity contribution in [2.45, 2.75) is 36.9 Å². The molecule has 3 aromatic rings. The minimum absolute atomic E-state index is 0.0695. The maximum atomic E-state index is 14.0. The number of aliphatic carboxylic acids is 1. The van der Waals surface area contributed by atoms with Crippen molar-refractivity contribution in [3.63, 3.8) is 0 Å². The molecule has 222 valence electrons. The molecule has 14 heteroatoms. The summed E-state index contributed by atoms with van der Waals surface area (Å²) in [6.07, 6.45) is -2.33. The number of benzene rings is 3. The molecule has 3 aromatic carbocycles.